The van der Waals surface area contributed by atoms with Crippen molar-refractivity contribution in [1.29, 1.82) is 0 Å². The van der Waals surface area contributed by atoms with E-state index in [0.29, 0.717) is 17.0 Å². The lowest BCUT2D eigenvalue weighted by molar-refractivity contribution is -0.129. The first-order valence-corrected chi connectivity index (χ1v) is 11.6. The molecule has 1 unspecified atom stereocenters. The summed E-state index contributed by atoms with van der Waals surface area (Å²) in [7, 11) is 0. The van der Waals surface area contributed by atoms with E-state index >= 15 is 0 Å². The summed E-state index contributed by atoms with van der Waals surface area (Å²) in [6.07, 6.45) is 9.37. The highest BCUT2D eigenvalue weighted by molar-refractivity contribution is 6.30. The molecule has 5 rings (SSSR count). The summed E-state index contributed by atoms with van der Waals surface area (Å²) in [6.45, 7) is 2.77. The van der Waals surface area contributed by atoms with E-state index in [4.69, 9.17) is 11.6 Å². The molecule has 1 atom stereocenters. The lowest BCUT2D eigenvalue weighted by Gasteiger charge is -2.59. The Bertz CT molecular complexity index is 710. The van der Waals surface area contributed by atoms with E-state index in [1.807, 2.05) is 24.3 Å². The molecule has 158 valence electrons. The molecule has 4 aliphatic carbocycles. The van der Waals surface area contributed by atoms with Gasteiger partial charge in [0, 0.05) is 30.5 Å². The monoisotopic (exact) mass is 416 g/mol. The molecule has 0 aromatic heterocycles. The molecule has 0 saturated heterocycles. The molecule has 1 aromatic carbocycles. The molecule has 4 fully saturated rings. The first-order chi connectivity index (χ1) is 13.9. The van der Waals surface area contributed by atoms with Crippen LogP contribution in [0.5, 0.6) is 0 Å². The second kappa shape index (κ2) is 8.67. The average molecular weight is 417 g/mol. The molecular weight excluding hydrogens is 384 g/mol. The first-order valence-electron chi connectivity index (χ1n) is 11.2. The minimum Gasteiger partial charge on any atom is -0.356 e. The SMILES string of the molecule is CC(NC(=O)CCC(=O)NCCc1ccc(Cl)cc1)C12CC3CC(CC(C3)C1)C2. The second-order valence-corrected chi connectivity index (χ2v) is 10.2. The van der Waals surface area contributed by atoms with Gasteiger partial charge in [-0.2, -0.15) is 0 Å². The number of halogens is 1. The topological polar surface area (TPSA) is 58.2 Å². The summed E-state index contributed by atoms with van der Waals surface area (Å²) in [5.41, 5.74) is 1.45. The van der Waals surface area contributed by atoms with Crippen LogP contribution in [0.15, 0.2) is 24.3 Å². The molecule has 0 heterocycles. The lowest BCUT2D eigenvalue weighted by atomic mass is 9.48. The average Bonchev–Trinajstić information content (AvgIpc) is 2.67. The fourth-order valence-corrected chi connectivity index (χ4v) is 6.61. The third-order valence-electron chi connectivity index (χ3n) is 7.61. The van der Waals surface area contributed by atoms with E-state index in [2.05, 4.69) is 17.6 Å². The van der Waals surface area contributed by atoms with Crippen molar-refractivity contribution in [2.24, 2.45) is 23.2 Å². The van der Waals surface area contributed by atoms with Gasteiger partial charge in [0.05, 0.1) is 0 Å². The van der Waals surface area contributed by atoms with Crippen LogP contribution in [-0.2, 0) is 16.0 Å². The number of hydrogen-bond donors (Lipinski definition) is 2. The number of carbonyl (C=O) groups excluding carboxylic acids is 2. The van der Waals surface area contributed by atoms with Gasteiger partial charge in [0.15, 0.2) is 0 Å². The van der Waals surface area contributed by atoms with Gasteiger partial charge in [-0.05, 0) is 92.7 Å². The van der Waals surface area contributed by atoms with Gasteiger partial charge in [0.25, 0.3) is 0 Å². The van der Waals surface area contributed by atoms with Crippen molar-refractivity contribution in [3.8, 4) is 0 Å². The van der Waals surface area contributed by atoms with Crippen LogP contribution < -0.4 is 10.6 Å². The molecule has 0 aliphatic heterocycles. The lowest BCUT2D eigenvalue weighted by Crippen LogP contribution is -2.55. The predicted molar refractivity (Wildman–Crippen MR) is 116 cm³/mol. The summed E-state index contributed by atoms with van der Waals surface area (Å²) in [5, 5.41) is 6.87. The zero-order valence-corrected chi connectivity index (χ0v) is 18.1. The van der Waals surface area contributed by atoms with Crippen LogP contribution in [0.4, 0.5) is 0 Å². The molecule has 0 spiro atoms. The number of nitrogens with one attached hydrogen (secondary N) is 2. The van der Waals surface area contributed by atoms with Crippen LogP contribution in [0.25, 0.3) is 0 Å². The van der Waals surface area contributed by atoms with Crippen molar-refractivity contribution < 1.29 is 9.59 Å². The molecule has 29 heavy (non-hydrogen) atoms. The number of amides is 2. The smallest absolute Gasteiger partial charge is 0.220 e. The maximum atomic E-state index is 12.5. The molecular formula is C24H33ClN2O2. The maximum Gasteiger partial charge on any atom is 0.220 e. The van der Waals surface area contributed by atoms with Crippen molar-refractivity contribution in [2.45, 2.75) is 70.8 Å². The zero-order chi connectivity index (χ0) is 20.4. The molecule has 1 aromatic rings. The molecule has 5 heteroatoms. The molecule has 0 radical (unpaired) electrons. The Morgan fingerprint density at radius 3 is 2.14 bits per heavy atom. The van der Waals surface area contributed by atoms with Gasteiger partial charge < -0.3 is 10.6 Å². The van der Waals surface area contributed by atoms with Crippen molar-refractivity contribution in [3.63, 3.8) is 0 Å². The molecule has 4 nitrogen and oxygen atoms in total. The molecule has 4 aliphatic rings. The minimum absolute atomic E-state index is 0.0149. The van der Waals surface area contributed by atoms with E-state index in [9.17, 15) is 9.59 Å². The van der Waals surface area contributed by atoms with Crippen molar-refractivity contribution in [1.82, 2.24) is 10.6 Å². The Kier molecular flexibility index (Phi) is 6.19. The Labute approximate surface area is 179 Å². The van der Waals surface area contributed by atoms with Crippen LogP contribution in [0.2, 0.25) is 5.02 Å². The van der Waals surface area contributed by atoms with E-state index in [0.717, 1.165) is 29.7 Å². The van der Waals surface area contributed by atoms with E-state index < -0.39 is 0 Å². The summed E-state index contributed by atoms with van der Waals surface area (Å²) in [4.78, 5) is 24.6. The van der Waals surface area contributed by atoms with Gasteiger partial charge in [0.1, 0.15) is 0 Å². The summed E-state index contributed by atoms with van der Waals surface area (Å²) in [5.74, 6) is 2.60. The number of benzene rings is 1. The zero-order valence-electron chi connectivity index (χ0n) is 17.4. The maximum absolute atomic E-state index is 12.5. The standard InChI is InChI=1S/C24H33ClN2O2/c1-16(24-13-18-10-19(14-24)12-20(11-18)15-24)27-23(29)7-6-22(28)26-9-8-17-2-4-21(25)5-3-17/h2-5,16,18-20H,6-15H2,1H3,(H,26,28)(H,27,29). The Hall–Kier alpha value is -1.55. The predicted octanol–water partition coefficient (Wildman–Crippen LogP) is 4.50. The van der Waals surface area contributed by atoms with Crippen molar-refractivity contribution >= 4 is 23.4 Å². The van der Waals surface area contributed by atoms with Crippen LogP contribution in [-0.4, -0.2) is 24.4 Å². The second-order valence-electron chi connectivity index (χ2n) is 9.80. The third-order valence-corrected chi connectivity index (χ3v) is 7.86. The Balaban J connectivity index is 1.17. The number of carbonyl (C=O) groups is 2. The largest absolute Gasteiger partial charge is 0.356 e. The van der Waals surface area contributed by atoms with Crippen molar-refractivity contribution in [3.05, 3.63) is 34.9 Å². The van der Waals surface area contributed by atoms with Gasteiger partial charge in [0.2, 0.25) is 11.8 Å². The fraction of sp³-hybridized carbons (Fsp3) is 0.667. The summed E-state index contributed by atoms with van der Waals surface area (Å²) >= 11 is 5.88. The number of hydrogen-bond acceptors (Lipinski definition) is 2. The van der Waals surface area contributed by atoms with Gasteiger partial charge >= 0.3 is 0 Å². The normalized spacial score (nSPS) is 30.8. The quantitative estimate of drug-likeness (QED) is 0.655. The van der Waals surface area contributed by atoms with Crippen LogP contribution in [0, 0.1) is 23.2 Å². The Morgan fingerprint density at radius 1 is 1.00 bits per heavy atom. The van der Waals surface area contributed by atoms with E-state index in [1.165, 1.54) is 38.5 Å². The van der Waals surface area contributed by atoms with Gasteiger partial charge in [-0.1, -0.05) is 23.7 Å². The highest BCUT2D eigenvalue weighted by Crippen LogP contribution is 2.61. The number of rotatable bonds is 8. The van der Waals surface area contributed by atoms with Crippen LogP contribution in [0.3, 0.4) is 0 Å². The molecule has 4 bridgehead atoms. The molecule has 4 saturated carbocycles. The molecule has 2 N–H and O–H groups in total. The summed E-state index contributed by atoms with van der Waals surface area (Å²) in [6, 6.07) is 7.86. The van der Waals surface area contributed by atoms with Gasteiger partial charge in [-0.3, -0.25) is 9.59 Å². The minimum atomic E-state index is -0.0587. The molecule has 2 amide bonds. The third kappa shape index (κ3) is 4.96. The highest BCUT2D eigenvalue weighted by Gasteiger charge is 2.53. The Morgan fingerprint density at radius 2 is 1.55 bits per heavy atom. The van der Waals surface area contributed by atoms with Crippen molar-refractivity contribution in [2.75, 3.05) is 6.54 Å². The van der Waals surface area contributed by atoms with E-state index in [-0.39, 0.29) is 30.7 Å². The van der Waals surface area contributed by atoms with E-state index in [1.54, 1.807) is 0 Å². The van der Waals surface area contributed by atoms with Crippen LogP contribution in [0.1, 0.15) is 63.9 Å². The van der Waals surface area contributed by atoms with Gasteiger partial charge in [-0.25, -0.2) is 0 Å². The first kappa shape index (κ1) is 20.7. The summed E-state index contributed by atoms with van der Waals surface area (Å²) < 4.78 is 0. The van der Waals surface area contributed by atoms with Gasteiger partial charge in [-0.15, -0.1) is 0 Å². The fourth-order valence-electron chi connectivity index (χ4n) is 6.49. The van der Waals surface area contributed by atoms with Crippen LogP contribution >= 0.6 is 11.6 Å². The highest BCUT2D eigenvalue weighted by atomic mass is 35.5.